The lowest BCUT2D eigenvalue weighted by atomic mass is 10.0. The molecule has 0 bridgehead atoms. The maximum Gasteiger partial charge on any atom is 0.407 e. The molecule has 3 rings (SSSR count). The molecule has 21 heavy (non-hydrogen) atoms. The number of carbonyl (C=O) groups is 1. The topological polar surface area (TPSA) is 77.9 Å². The Labute approximate surface area is 121 Å². The van der Waals surface area contributed by atoms with Gasteiger partial charge in [0.05, 0.1) is 4.90 Å². The lowest BCUT2D eigenvalue weighted by Crippen LogP contribution is -2.35. The van der Waals surface area contributed by atoms with Gasteiger partial charge in [-0.05, 0) is 36.1 Å². The Kier molecular flexibility index (Phi) is 3.37. The van der Waals surface area contributed by atoms with Gasteiger partial charge in [0.1, 0.15) is 5.82 Å². The summed E-state index contributed by atoms with van der Waals surface area (Å²) in [7, 11) is -3.63. The van der Waals surface area contributed by atoms with Crippen molar-refractivity contribution in [3.63, 3.8) is 0 Å². The number of fused-ring (bicyclic) bond motifs is 1. The highest BCUT2D eigenvalue weighted by Gasteiger charge is 2.45. The van der Waals surface area contributed by atoms with Crippen LogP contribution in [0.3, 0.4) is 0 Å². The molecule has 0 spiro atoms. The van der Waals surface area contributed by atoms with E-state index in [-0.39, 0.29) is 16.7 Å². The summed E-state index contributed by atoms with van der Waals surface area (Å²) < 4.78 is 39.2. The summed E-state index contributed by atoms with van der Waals surface area (Å²) in [6, 6.07) is 4.75. The Morgan fingerprint density at radius 3 is 2.10 bits per heavy atom. The van der Waals surface area contributed by atoms with Crippen molar-refractivity contribution in [2.45, 2.75) is 4.90 Å². The van der Waals surface area contributed by atoms with Crippen molar-refractivity contribution in [3.05, 3.63) is 30.1 Å². The maximum absolute atomic E-state index is 12.9. The normalized spacial score (nSPS) is 26.0. The molecule has 0 saturated carbocycles. The van der Waals surface area contributed by atoms with Gasteiger partial charge >= 0.3 is 6.09 Å². The highest BCUT2D eigenvalue weighted by molar-refractivity contribution is 7.89. The van der Waals surface area contributed by atoms with E-state index in [1.165, 1.54) is 21.3 Å². The minimum absolute atomic E-state index is 0.0383. The van der Waals surface area contributed by atoms with E-state index in [0.29, 0.717) is 26.2 Å². The van der Waals surface area contributed by atoms with Crippen LogP contribution in [-0.4, -0.2) is 55.0 Å². The molecule has 0 radical (unpaired) electrons. The quantitative estimate of drug-likeness (QED) is 0.885. The standard InChI is InChI=1S/C13H15FN2O4S/c14-11-1-3-12(4-2-11)21(19,20)16-7-9-5-15(13(17)18)6-10(9)8-16/h1-4,9-10H,5-8H2,(H,17,18)/t9-,10+. The molecule has 0 unspecified atom stereocenters. The van der Waals surface area contributed by atoms with Gasteiger partial charge in [0.15, 0.2) is 0 Å². The van der Waals surface area contributed by atoms with Gasteiger partial charge in [0.25, 0.3) is 0 Å². The van der Waals surface area contributed by atoms with Gasteiger partial charge in [-0.3, -0.25) is 0 Å². The molecule has 2 fully saturated rings. The number of halogens is 1. The maximum atomic E-state index is 12.9. The molecule has 0 aliphatic carbocycles. The second-order valence-electron chi connectivity index (χ2n) is 5.48. The van der Waals surface area contributed by atoms with Gasteiger partial charge in [-0.1, -0.05) is 0 Å². The van der Waals surface area contributed by atoms with Crippen molar-refractivity contribution >= 4 is 16.1 Å². The monoisotopic (exact) mass is 314 g/mol. The van der Waals surface area contributed by atoms with Crippen LogP contribution in [0.2, 0.25) is 0 Å². The second-order valence-corrected chi connectivity index (χ2v) is 7.42. The van der Waals surface area contributed by atoms with Crippen molar-refractivity contribution < 1.29 is 22.7 Å². The average Bonchev–Trinajstić information content (AvgIpc) is 2.97. The zero-order valence-corrected chi connectivity index (χ0v) is 12.0. The molecule has 2 aliphatic rings. The minimum Gasteiger partial charge on any atom is -0.465 e. The molecule has 1 amide bonds. The first-order chi connectivity index (χ1) is 9.88. The molecule has 6 nitrogen and oxygen atoms in total. The fraction of sp³-hybridized carbons (Fsp3) is 0.462. The van der Waals surface area contributed by atoms with Crippen LogP contribution < -0.4 is 0 Å². The van der Waals surface area contributed by atoms with Crippen LogP contribution in [0.4, 0.5) is 9.18 Å². The summed E-state index contributed by atoms with van der Waals surface area (Å²) in [5.74, 6) is -0.406. The minimum atomic E-state index is -3.63. The third-order valence-corrected chi connectivity index (χ3v) is 6.02. The fourth-order valence-corrected chi connectivity index (χ4v) is 4.61. The number of nitrogens with zero attached hydrogens (tertiary/aromatic N) is 2. The summed E-state index contributed by atoms with van der Waals surface area (Å²) in [4.78, 5) is 12.3. The van der Waals surface area contributed by atoms with Gasteiger partial charge in [-0.2, -0.15) is 4.31 Å². The van der Waals surface area contributed by atoms with Crippen LogP contribution in [0.15, 0.2) is 29.2 Å². The Hall–Kier alpha value is -1.67. The van der Waals surface area contributed by atoms with Crippen molar-refractivity contribution in [2.24, 2.45) is 11.8 Å². The lowest BCUT2D eigenvalue weighted by Gasteiger charge is -2.19. The van der Waals surface area contributed by atoms with Crippen molar-refractivity contribution in [3.8, 4) is 0 Å². The molecule has 0 aromatic heterocycles. The molecule has 1 aromatic carbocycles. The van der Waals surface area contributed by atoms with Gasteiger partial charge in [0.2, 0.25) is 10.0 Å². The molecule has 2 aliphatic heterocycles. The predicted octanol–water partition coefficient (Wildman–Crippen LogP) is 1.06. The number of rotatable bonds is 2. The number of amides is 1. The third kappa shape index (κ3) is 2.49. The van der Waals surface area contributed by atoms with Crippen LogP contribution >= 0.6 is 0 Å². The fourth-order valence-electron chi connectivity index (χ4n) is 3.06. The van der Waals surface area contributed by atoms with Crippen molar-refractivity contribution in [1.29, 1.82) is 0 Å². The Balaban J connectivity index is 1.76. The molecular formula is C13H15FN2O4S. The second kappa shape index (κ2) is 4.96. The van der Waals surface area contributed by atoms with E-state index in [2.05, 4.69) is 0 Å². The van der Waals surface area contributed by atoms with Crippen LogP contribution in [0.25, 0.3) is 0 Å². The van der Waals surface area contributed by atoms with Crippen LogP contribution in [-0.2, 0) is 10.0 Å². The Morgan fingerprint density at radius 1 is 1.10 bits per heavy atom. The summed E-state index contributed by atoms with van der Waals surface area (Å²) in [6.07, 6.45) is -0.961. The number of sulfonamides is 1. The summed E-state index contributed by atoms with van der Waals surface area (Å²) in [5, 5.41) is 8.96. The van der Waals surface area contributed by atoms with E-state index < -0.39 is 21.9 Å². The van der Waals surface area contributed by atoms with Gasteiger partial charge < -0.3 is 10.0 Å². The third-order valence-electron chi connectivity index (χ3n) is 4.17. The SMILES string of the molecule is O=C(O)N1C[C@@H]2CN(S(=O)(=O)c3ccc(F)cc3)C[C@@H]2C1. The molecular weight excluding hydrogens is 299 g/mol. The number of carboxylic acid groups (broad SMARTS) is 1. The summed E-state index contributed by atoms with van der Waals surface area (Å²) >= 11 is 0. The molecule has 2 heterocycles. The highest BCUT2D eigenvalue weighted by Crippen LogP contribution is 2.34. The van der Waals surface area contributed by atoms with Gasteiger partial charge in [0, 0.05) is 26.2 Å². The van der Waals surface area contributed by atoms with E-state index in [1.54, 1.807) is 0 Å². The molecule has 1 aromatic rings. The molecule has 114 valence electrons. The predicted molar refractivity (Wildman–Crippen MR) is 71.7 cm³/mol. The number of hydrogen-bond acceptors (Lipinski definition) is 3. The molecule has 1 N–H and O–H groups in total. The van der Waals surface area contributed by atoms with E-state index >= 15 is 0 Å². The highest BCUT2D eigenvalue weighted by atomic mass is 32.2. The van der Waals surface area contributed by atoms with E-state index in [9.17, 15) is 17.6 Å². The summed E-state index contributed by atoms with van der Waals surface area (Å²) in [6.45, 7) is 1.37. The van der Waals surface area contributed by atoms with Crippen LogP contribution in [0.5, 0.6) is 0 Å². The number of hydrogen-bond donors (Lipinski definition) is 1. The number of likely N-dealkylation sites (tertiary alicyclic amines) is 1. The molecule has 2 saturated heterocycles. The van der Waals surface area contributed by atoms with E-state index in [0.717, 1.165) is 12.1 Å². The van der Waals surface area contributed by atoms with Crippen LogP contribution in [0.1, 0.15) is 0 Å². The first-order valence-corrected chi connectivity index (χ1v) is 8.05. The first kappa shape index (κ1) is 14.3. The molecule has 2 atom stereocenters. The Morgan fingerprint density at radius 2 is 1.62 bits per heavy atom. The number of benzene rings is 1. The van der Waals surface area contributed by atoms with Gasteiger partial charge in [-0.25, -0.2) is 17.6 Å². The van der Waals surface area contributed by atoms with Crippen molar-refractivity contribution in [1.82, 2.24) is 9.21 Å². The van der Waals surface area contributed by atoms with E-state index in [1.807, 2.05) is 0 Å². The smallest absolute Gasteiger partial charge is 0.407 e. The first-order valence-electron chi connectivity index (χ1n) is 6.61. The summed E-state index contributed by atoms with van der Waals surface area (Å²) in [5.41, 5.74) is 0. The average molecular weight is 314 g/mol. The van der Waals surface area contributed by atoms with Crippen molar-refractivity contribution in [2.75, 3.05) is 26.2 Å². The van der Waals surface area contributed by atoms with E-state index in [4.69, 9.17) is 5.11 Å². The molecule has 8 heteroatoms. The zero-order valence-electron chi connectivity index (χ0n) is 11.1. The Bertz CT molecular complexity index is 647. The lowest BCUT2D eigenvalue weighted by molar-refractivity contribution is 0.151. The largest absolute Gasteiger partial charge is 0.465 e. The zero-order chi connectivity index (χ0) is 15.2. The van der Waals surface area contributed by atoms with Crippen LogP contribution in [0, 0.1) is 17.7 Å². The van der Waals surface area contributed by atoms with Gasteiger partial charge in [-0.15, -0.1) is 0 Å².